The molecule has 0 fully saturated rings. The van der Waals surface area contributed by atoms with E-state index in [1.54, 1.807) is 29.7 Å². The van der Waals surface area contributed by atoms with E-state index in [1.165, 1.54) is 12.5 Å². The van der Waals surface area contributed by atoms with Crippen molar-refractivity contribution in [3.8, 4) is 0 Å². The number of hydrogen-bond donors (Lipinski definition) is 8. The third kappa shape index (κ3) is 12.6. The molecule has 0 aliphatic heterocycles. The zero-order valence-corrected chi connectivity index (χ0v) is 24.7. The fraction of sp³-hybridized carbons (Fsp3) is 0.517. The van der Waals surface area contributed by atoms with Crippen molar-refractivity contribution in [2.24, 2.45) is 23.3 Å². The molecule has 0 saturated heterocycles. The molecular formula is C29H44N8O6. The Balaban J connectivity index is 2.31. The van der Waals surface area contributed by atoms with Gasteiger partial charge >= 0.3 is 0 Å². The number of hydroxylamine groups is 1. The normalized spacial score (nSPS) is 13.8. The van der Waals surface area contributed by atoms with E-state index in [9.17, 15) is 24.0 Å². The molecule has 14 heteroatoms. The molecule has 0 aliphatic rings. The third-order valence-electron chi connectivity index (χ3n) is 6.82. The lowest BCUT2D eigenvalue weighted by Crippen LogP contribution is -2.58. The van der Waals surface area contributed by atoms with Gasteiger partial charge in [-0.15, -0.1) is 0 Å². The van der Waals surface area contributed by atoms with Gasteiger partial charge in [0.05, 0.1) is 6.33 Å². The molecule has 2 aromatic rings. The van der Waals surface area contributed by atoms with E-state index in [2.05, 4.69) is 25.9 Å². The van der Waals surface area contributed by atoms with Crippen LogP contribution in [0.1, 0.15) is 57.2 Å². The van der Waals surface area contributed by atoms with Crippen molar-refractivity contribution in [3.63, 3.8) is 0 Å². The molecule has 0 bridgehead atoms. The van der Waals surface area contributed by atoms with Crippen LogP contribution in [0.5, 0.6) is 0 Å². The van der Waals surface area contributed by atoms with E-state index < -0.39 is 53.6 Å². The topological polar surface area (TPSA) is 234 Å². The Morgan fingerprint density at radius 3 is 2.09 bits per heavy atom. The molecule has 5 amide bonds. The highest BCUT2D eigenvalue weighted by atomic mass is 16.5. The van der Waals surface area contributed by atoms with Gasteiger partial charge in [0.2, 0.25) is 29.5 Å². The molecule has 1 aromatic carbocycles. The molecule has 0 saturated carbocycles. The summed E-state index contributed by atoms with van der Waals surface area (Å²) in [5.74, 6) is -4.05. The number of amides is 5. The predicted molar refractivity (Wildman–Crippen MR) is 158 cm³/mol. The van der Waals surface area contributed by atoms with Crippen molar-refractivity contribution in [2.75, 3.05) is 6.54 Å². The van der Waals surface area contributed by atoms with Crippen LogP contribution in [0.3, 0.4) is 0 Å². The Kier molecular flexibility index (Phi) is 14.8. The van der Waals surface area contributed by atoms with Crippen LogP contribution >= 0.6 is 0 Å². The second kappa shape index (κ2) is 18.3. The maximum absolute atomic E-state index is 13.7. The lowest BCUT2D eigenvalue weighted by atomic mass is 9.92. The molecule has 236 valence electrons. The van der Waals surface area contributed by atoms with E-state index in [4.69, 9.17) is 16.7 Å². The SMILES string of the molecule is CC(C)C[C@H](CC(=O)NO)C(=O)N[C@@H](Cc1cnc[nH]1)C(=O)N[C@@H](Cc1ccccc1)C(=O)N[C@@H](CCCCN)C(N)=O. The monoisotopic (exact) mass is 600 g/mol. The van der Waals surface area contributed by atoms with Crippen molar-refractivity contribution < 1.29 is 29.2 Å². The largest absolute Gasteiger partial charge is 0.368 e. The van der Waals surface area contributed by atoms with Gasteiger partial charge in [0.1, 0.15) is 18.1 Å². The van der Waals surface area contributed by atoms with Gasteiger partial charge in [0.25, 0.3) is 0 Å². The molecule has 2 rings (SSSR count). The highest BCUT2D eigenvalue weighted by Gasteiger charge is 2.32. The van der Waals surface area contributed by atoms with Gasteiger partial charge in [-0.25, -0.2) is 10.5 Å². The smallest absolute Gasteiger partial charge is 0.244 e. The quantitative estimate of drug-likeness (QED) is 0.0610. The zero-order valence-electron chi connectivity index (χ0n) is 24.7. The summed E-state index contributed by atoms with van der Waals surface area (Å²) in [4.78, 5) is 71.3. The molecule has 0 aliphatic carbocycles. The van der Waals surface area contributed by atoms with Crippen LogP contribution in [0.2, 0.25) is 0 Å². The molecule has 10 N–H and O–H groups in total. The lowest BCUT2D eigenvalue weighted by Gasteiger charge is -2.26. The van der Waals surface area contributed by atoms with Crippen molar-refractivity contribution in [1.29, 1.82) is 0 Å². The molecule has 14 nitrogen and oxygen atoms in total. The van der Waals surface area contributed by atoms with Crippen molar-refractivity contribution in [1.82, 2.24) is 31.4 Å². The van der Waals surface area contributed by atoms with Gasteiger partial charge in [0.15, 0.2) is 0 Å². The number of carbonyl (C=O) groups is 5. The number of nitrogens with one attached hydrogen (secondary N) is 5. The van der Waals surface area contributed by atoms with Crippen molar-refractivity contribution in [2.45, 2.75) is 76.9 Å². The van der Waals surface area contributed by atoms with Crippen LogP contribution in [0.25, 0.3) is 0 Å². The minimum Gasteiger partial charge on any atom is -0.368 e. The summed E-state index contributed by atoms with van der Waals surface area (Å²) in [6.07, 6.45) is 4.61. The summed E-state index contributed by atoms with van der Waals surface area (Å²) >= 11 is 0. The average molecular weight is 601 g/mol. The molecule has 43 heavy (non-hydrogen) atoms. The number of imidazole rings is 1. The Hall–Kier alpha value is -4.30. The zero-order chi connectivity index (χ0) is 31.8. The number of H-pyrrole nitrogens is 1. The highest BCUT2D eigenvalue weighted by Crippen LogP contribution is 2.17. The van der Waals surface area contributed by atoms with Crippen LogP contribution in [-0.2, 0) is 36.8 Å². The standard InChI is InChI=1S/C29H44N8O6/c1-18(2)12-20(14-25(38)37-43)27(40)35-24(15-21-16-32-17-33-21)29(42)36-23(13-19-8-4-3-5-9-19)28(41)34-22(26(31)39)10-6-7-11-30/h3-5,8-9,16-18,20,22-24,43H,6-7,10-15,30H2,1-2H3,(H2,31,39)(H,32,33)(H,34,41)(H,35,40)(H,36,42)(H,37,38)/t20-,22+,23+,24+/m1/s1. The fourth-order valence-corrected chi connectivity index (χ4v) is 4.62. The van der Waals surface area contributed by atoms with Crippen LogP contribution in [-0.4, -0.2) is 69.4 Å². The number of primary amides is 1. The number of nitrogens with two attached hydrogens (primary N) is 2. The fourth-order valence-electron chi connectivity index (χ4n) is 4.62. The van der Waals surface area contributed by atoms with E-state index in [1.807, 2.05) is 19.9 Å². The van der Waals surface area contributed by atoms with Gasteiger partial charge in [-0.3, -0.25) is 29.2 Å². The minimum atomic E-state index is -1.15. The number of hydrogen-bond acceptors (Lipinski definition) is 8. The first-order valence-electron chi connectivity index (χ1n) is 14.4. The van der Waals surface area contributed by atoms with Gasteiger partial charge in [-0.1, -0.05) is 44.2 Å². The molecule has 0 spiro atoms. The number of aromatic nitrogens is 2. The first-order chi connectivity index (χ1) is 20.5. The average Bonchev–Trinajstić information content (AvgIpc) is 3.48. The number of nitrogens with zero attached hydrogens (tertiary/aromatic N) is 1. The summed E-state index contributed by atoms with van der Waals surface area (Å²) in [5.41, 5.74) is 13.9. The molecule has 0 radical (unpaired) electrons. The van der Waals surface area contributed by atoms with Gasteiger partial charge < -0.3 is 32.4 Å². The minimum absolute atomic E-state index is 0.0147. The highest BCUT2D eigenvalue weighted by molar-refractivity contribution is 5.95. The number of rotatable bonds is 19. The van der Waals surface area contributed by atoms with Gasteiger partial charge in [-0.05, 0) is 43.7 Å². The maximum Gasteiger partial charge on any atom is 0.244 e. The molecule has 1 aromatic heterocycles. The Morgan fingerprint density at radius 2 is 1.53 bits per heavy atom. The van der Waals surface area contributed by atoms with Crippen molar-refractivity contribution in [3.05, 3.63) is 54.1 Å². The molecule has 0 unspecified atom stereocenters. The number of unbranched alkanes of at least 4 members (excludes halogenated alkanes) is 1. The summed E-state index contributed by atoms with van der Waals surface area (Å²) in [5, 5.41) is 17.1. The summed E-state index contributed by atoms with van der Waals surface area (Å²) in [6.45, 7) is 4.19. The number of carbonyl (C=O) groups excluding carboxylic acids is 5. The van der Waals surface area contributed by atoms with E-state index in [-0.39, 0.29) is 25.2 Å². The molecular weight excluding hydrogens is 556 g/mol. The predicted octanol–water partition coefficient (Wildman–Crippen LogP) is -0.179. The van der Waals surface area contributed by atoms with Crippen molar-refractivity contribution >= 4 is 29.5 Å². The van der Waals surface area contributed by atoms with Crippen LogP contribution in [0.4, 0.5) is 0 Å². The van der Waals surface area contributed by atoms with Gasteiger partial charge in [-0.2, -0.15) is 0 Å². The van der Waals surface area contributed by atoms with Crippen LogP contribution in [0, 0.1) is 11.8 Å². The Morgan fingerprint density at radius 1 is 0.907 bits per heavy atom. The maximum atomic E-state index is 13.7. The molecule has 4 atom stereocenters. The van der Waals surface area contributed by atoms with Crippen LogP contribution in [0.15, 0.2) is 42.9 Å². The summed E-state index contributed by atoms with van der Waals surface area (Å²) in [6, 6.07) is 5.79. The van der Waals surface area contributed by atoms with E-state index in [0.717, 1.165) is 5.56 Å². The Labute approximate surface area is 251 Å². The van der Waals surface area contributed by atoms with E-state index in [0.29, 0.717) is 37.9 Å². The Bertz CT molecular complexity index is 1170. The second-order valence-electron chi connectivity index (χ2n) is 10.9. The van der Waals surface area contributed by atoms with Gasteiger partial charge in [0, 0.05) is 37.1 Å². The number of aromatic amines is 1. The number of benzene rings is 1. The summed E-state index contributed by atoms with van der Waals surface area (Å²) < 4.78 is 0. The first kappa shape index (κ1) is 34.9. The lowest BCUT2D eigenvalue weighted by molar-refractivity contribution is -0.137. The second-order valence-corrected chi connectivity index (χ2v) is 10.9. The van der Waals surface area contributed by atoms with E-state index >= 15 is 0 Å². The third-order valence-corrected chi connectivity index (χ3v) is 6.82. The summed E-state index contributed by atoms with van der Waals surface area (Å²) in [7, 11) is 0. The van der Waals surface area contributed by atoms with Crippen LogP contribution < -0.4 is 32.9 Å². The molecule has 1 heterocycles. The first-order valence-corrected chi connectivity index (χ1v) is 14.4.